The molecule has 0 aliphatic carbocycles. The zero-order valence-electron chi connectivity index (χ0n) is 9.86. The van der Waals surface area contributed by atoms with Crippen molar-refractivity contribution in [1.29, 1.82) is 0 Å². The molecule has 0 aliphatic heterocycles. The van der Waals surface area contributed by atoms with E-state index in [2.05, 4.69) is 10.3 Å². The van der Waals surface area contributed by atoms with Gasteiger partial charge in [-0.25, -0.2) is 4.98 Å². The molecule has 6 heteroatoms. The molecule has 0 saturated carbocycles. The minimum absolute atomic E-state index is 0.169. The SMILES string of the molecule is Cc1c(Cl)ccc2sc(NCCCC(=O)O)nc12. The number of carboxylic acids is 1. The second-order valence-corrected chi connectivity index (χ2v) is 5.40. The van der Waals surface area contributed by atoms with E-state index < -0.39 is 5.97 Å². The molecule has 0 unspecified atom stereocenters. The molecule has 18 heavy (non-hydrogen) atoms. The van der Waals surface area contributed by atoms with E-state index >= 15 is 0 Å². The number of nitrogens with one attached hydrogen (secondary N) is 1. The van der Waals surface area contributed by atoms with Gasteiger partial charge in [-0.15, -0.1) is 0 Å². The first kappa shape index (κ1) is 13.1. The summed E-state index contributed by atoms with van der Waals surface area (Å²) in [6.45, 7) is 2.55. The third kappa shape index (κ3) is 2.91. The smallest absolute Gasteiger partial charge is 0.303 e. The summed E-state index contributed by atoms with van der Waals surface area (Å²) in [6, 6.07) is 3.82. The summed E-state index contributed by atoms with van der Waals surface area (Å²) >= 11 is 7.59. The average molecular weight is 285 g/mol. The van der Waals surface area contributed by atoms with Crippen molar-refractivity contribution in [2.24, 2.45) is 0 Å². The lowest BCUT2D eigenvalue weighted by atomic mass is 10.2. The number of anilines is 1. The van der Waals surface area contributed by atoms with Crippen LogP contribution in [-0.2, 0) is 4.79 Å². The van der Waals surface area contributed by atoms with Crippen LogP contribution in [0.25, 0.3) is 10.2 Å². The van der Waals surface area contributed by atoms with Crippen LogP contribution in [0.3, 0.4) is 0 Å². The first-order chi connectivity index (χ1) is 8.58. The number of halogens is 1. The van der Waals surface area contributed by atoms with Crippen molar-refractivity contribution in [3.63, 3.8) is 0 Å². The van der Waals surface area contributed by atoms with E-state index in [0.29, 0.717) is 18.0 Å². The van der Waals surface area contributed by atoms with Gasteiger partial charge in [-0.2, -0.15) is 0 Å². The van der Waals surface area contributed by atoms with Crippen LogP contribution in [0, 0.1) is 6.92 Å². The van der Waals surface area contributed by atoms with Gasteiger partial charge in [0.15, 0.2) is 5.13 Å². The molecular weight excluding hydrogens is 272 g/mol. The van der Waals surface area contributed by atoms with E-state index in [4.69, 9.17) is 16.7 Å². The highest BCUT2D eigenvalue weighted by molar-refractivity contribution is 7.22. The summed E-state index contributed by atoms with van der Waals surface area (Å²) in [4.78, 5) is 14.8. The van der Waals surface area contributed by atoms with Crippen LogP contribution in [0.2, 0.25) is 5.02 Å². The molecule has 1 aromatic heterocycles. The first-order valence-electron chi connectivity index (χ1n) is 5.59. The zero-order valence-corrected chi connectivity index (χ0v) is 11.4. The van der Waals surface area contributed by atoms with Gasteiger partial charge in [-0.05, 0) is 31.0 Å². The maximum atomic E-state index is 10.4. The largest absolute Gasteiger partial charge is 0.481 e. The van der Waals surface area contributed by atoms with Crippen LogP contribution in [0.4, 0.5) is 5.13 Å². The quantitative estimate of drug-likeness (QED) is 0.825. The minimum atomic E-state index is -0.774. The lowest BCUT2D eigenvalue weighted by Gasteiger charge is -1.99. The molecular formula is C12H13ClN2O2S. The lowest BCUT2D eigenvalue weighted by Crippen LogP contribution is -2.04. The van der Waals surface area contributed by atoms with Crippen LogP contribution in [0.5, 0.6) is 0 Å². The van der Waals surface area contributed by atoms with Gasteiger partial charge in [-0.1, -0.05) is 22.9 Å². The van der Waals surface area contributed by atoms with Gasteiger partial charge in [0.25, 0.3) is 0 Å². The predicted molar refractivity (Wildman–Crippen MR) is 74.7 cm³/mol. The van der Waals surface area contributed by atoms with Crippen LogP contribution in [0.15, 0.2) is 12.1 Å². The van der Waals surface area contributed by atoms with Crippen molar-refractivity contribution in [3.8, 4) is 0 Å². The highest BCUT2D eigenvalue weighted by Gasteiger charge is 2.08. The number of hydrogen-bond acceptors (Lipinski definition) is 4. The Morgan fingerprint density at radius 3 is 3.06 bits per heavy atom. The number of fused-ring (bicyclic) bond motifs is 1. The molecule has 1 aromatic carbocycles. The Kier molecular flexibility index (Phi) is 4.04. The van der Waals surface area contributed by atoms with E-state index in [0.717, 1.165) is 20.9 Å². The molecule has 0 aliphatic rings. The van der Waals surface area contributed by atoms with E-state index in [1.54, 1.807) is 11.3 Å². The first-order valence-corrected chi connectivity index (χ1v) is 6.78. The molecule has 96 valence electrons. The Hall–Kier alpha value is -1.33. The molecule has 1 heterocycles. The third-order valence-corrected chi connectivity index (χ3v) is 3.98. The average Bonchev–Trinajstić information content (AvgIpc) is 2.73. The van der Waals surface area contributed by atoms with Crippen molar-refractivity contribution in [3.05, 3.63) is 22.7 Å². The molecule has 0 amide bonds. The number of nitrogens with zero attached hydrogens (tertiary/aromatic N) is 1. The Labute approximate surface area is 114 Å². The fourth-order valence-electron chi connectivity index (χ4n) is 1.61. The minimum Gasteiger partial charge on any atom is -0.481 e. The van der Waals surface area contributed by atoms with Gasteiger partial charge >= 0.3 is 5.97 Å². The summed E-state index contributed by atoms with van der Waals surface area (Å²) in [5, 5.41) is 13.2. The molecule has 4 nitrogen and oxygen atoms in total. The Bertz CT molecular complexity index is 583. The zero-order chi connectivity index (χ0) is 13.1. The summed E-state index contributed by atoms with van der Waals surface area (Å²) in [5.41, 5.74) is 1.89. The summed E-state index contributed by atoms with van der Waals surface area (Å²) in [5.74, 6) is -0.774. The fraction of sp³-hybridized carbons (Fsp3) is 0.333. The monoisotopic (exact) mass is 284 g/mol. The van der Waals surface area contributed by atoms with E-state index in [1.165, 1.54) is 0 Å². The number of carboxylic acid groups (broad SMARTS) is 1. The van der Waals surface area contributed by atoms with Crippen LogP contribution < -0.4 is 5.32 Å². The van der Waals surface area contributed by atoms with Crippen molar-refractivity contribution in [1.82, 2.24) is 4.98 Å². The van der Waals surface area contributed by atoms with Crippen LogP contribution in [-0.4, -0.2) is 22.6 Å². The number of carbonyl (C=O) groups is 1. The predicted octanol–water partition coefficient (Wildman–Crippen LogP) is 3.53. The van der Waals surface area contributed by atoms with Crippen molar-refractivity contribution >= 4 is 44.3 Å². The highest BCUT2D eigenvalue weighted by atomic mass is 35.5. The Balaban J connectivity index is 2.06. The summed E-state index contributed by atoms with van der Waals surface area (Å²) < 4.78 is 1.08. The van der Waals surface area contributed by atoms with Gasteiger partial charge in [0.05, 0.1) is 10.2 Å². The highest BCUT2D eigenvalue weighted by Crippen LogP contribution is 2.31. The number of rotatable bonds is 5. The Morgan fingerprint density at radius 2 is 2.33 bits per heavy atom. The van der Waals surface area contributed by atoms with E-state index in [9.17, 15) is 4.79 Å². The van der Waals surface area contributed by atoms with E-state index in [-0.39, 0.29) is 6.42 Å². The number of thiazole rings is 1. The molecule has 0 fully saturated rings. The van der Waals surface area contributed by atoms with Crippen LogP contribution in [0.1, 0.15) is 18.4 Å². The fourth-order valence-corrected chi connectivity index (χ4v) is 2.71. The maximum Gasteiger partial charge on any atom is 0.303 e. The Morgan fingerprint density at radius 1 is 1.56 bits per heavy atom. The molecule has 0 bridgehead atoms. The van der Waals surface area contributed by atoms with E-state index in [1.807, 2.05) is 19.1 Å². The van der Waals surface area contributed by atoms with Gasteiger partial charge in [0.1, 0.15) is 0 Å². The second-order valence-electron chi connectivity index (χ2n) is 3.96. The van der Waals surface area contributed by atoms with Gasteiger partial charge in [0.2, 0.25) is 0 Å². The number of hydrogen-bond donors (Lipinski definition) is 2. The van der Waals surface area contributed by atoms with Crippen molar-refractivity contribution in [2.75, 3.05) is 11.9 Å². The standard InChI is InChI=1S/C12H13ClN2O2S/c1-7-8(13)4-5-9-11(7)15-12(18-9)14-6-2-3-10(16)17/h4-5H,2-3,6H2,1H3,(H,14,15)(H,16,17). The number of aliphatic carboxylic acids is 1. The molecule has 0 saturated heterocycles. The lowest BCUT2D eigenvalue weighted by molar-refractivity contribution is -0.137. The molecule has 2 aromatic rings. The van der Waals surface area contributed by atoms with Gasteiger partial charge in [-0.3, -0.25) is 4.79 Å². The van der Waals surface area contributed by atoms with Crippen LogP contribution >= 0.6 is 22.9 Å². The maximum absolute atomic E-state index is 10.4. The molecule has 0 spiro atoms. The molecule has 0 atom stereocenters. The molecule has 0 radical (unpaired) electrons. The molecule has 2 N–H and O–H groups in total. The normalized spacial score (nSPS) is 10.8. The molecule has 2 rings (SSSR count). The number of aromatic nitrogens is 1. The van der Waals surface area contributed by atoms with Gasteiger partial charge in [0, 0.05) is 18.0 Å². The number of benzene rings is 1. The second kappa shape index (κ2) is 5.54. The van der Waals surface area contributed by atoms with Crippen molar-refractivity contribution in [2.45, 2.75) is 19.8 Å². The van der Waals surface area contributed by atoms with Crippen molar-refractivity contribution < 1.29 is 9.90 Å². The third-order valence-electron chi connectivity index (χ3n) is 2.59. The topological polar surface area (TPSA) is 62.2 Å². The summed E-state index contributed by atoms with van der Waals surface area (Å²) in [7, 11) is 0. The van der Waals surface area contributed by atoms with Gasteiger partial charge < -0.3 is 10.4 Å². The number of aryl methyl sites for hydroxylation is 1. The summed E-state index contributed by atoms with van der Waals surface area (Å²) in [6.07, 6.45) is 0.758.